The molecule has 0 aromatic carbocycles. The highest BCUT2D eigenvalue weighted by Crippen LogP contribution is 2.36. The normalized spacial score (nSPS) is 28.2. The highest BCUT2D eigenvalue weighted by Gasteiger charge is 2.42. The third kappa shape index (κ3) is 2.43. The fourth-order valence-electron chi connectivity index (χ4n) is 2.62. The number of hydrogen-bond acceptors (Lipinski definition) is 2. The first-order valence-corrected chi connectivity index (χ1v) is 5.88. The number of carbonyl (C=O) groups is 1. The third-order valence-electron chi connectivity index (χ3n) is 3.84. The molecule has 5 heteroatoms. The summed E-state index contributed by atoms with van der Waals surface area (Å²) in [5, 5.41) is 3.41. The summed E-state index contributed by atoms with van der Waals surface area (Å²) in [7, 11) is 1.88. The van der Waals surface area contributed by atoms with Crippen molar-refractivity contribution in [3.05, 3.63) is 0 Å². The molecule has 2 heterocycles. The lowest BCUT2D eigenvalue weighted by atomic mass is 9.87. The van der Waals surface area contributed by atoms with Gasteiger partial charge in [0.15, 0.2) is 0 Å². The molecule has 0 aromatic rings. The van der Waals surface area contributed by atoms with Gasteiger partial charge in [0.1, 0.15) is 0 Å². The number of carbonyl (C=O) groups excluding carboxylic acids is 1. The lowest BCUT2D eigenvalue weighted by Crippen LogP contribution is -2.41. The van der Waals surface area contributed by atoms with E-state index in [0.29, 0.717) is 5.41 Å². The molecule has 4 nitrogen and oxygen atoms in total. The molecule has 2 aliphatic heterocycles. The lowest BCUT2D eigenvalue weighted by Gasteiger charge is -2.26. The predicted molar refractivity (Wildman–Crippen MR) is 67.1 cm³/mol. The molecule has 0 aliphatic carbocycles. The van der Waals surface area contributed by atoms with Gasteiger partial charge in [-0.2, -0.15) is 0 Å². The van der Waals surface area contributed by atoms with Gasteiger partial charge in [0.2, 0.25) is 0 Å². The van der Waals surface area contributed by atoms with E-state index in [1.807, 2.05) is 18.9 Å². The van der Waals surface area contributed by atoms with E-state index in [4.69, 9.17) is 0 Å². The van der Waals surface area contributed by atoms with Crippen LogP contribution in [-0.4, -0.2) is 55.6 Å². The minimum atomic E-state index is 0. The van der Waals surface area contributed by atoms with Crippen molar-refractivity contribution in [2.75, 3.05) is 39.8 Å². The van der Waals surface area contributed by atoms with Crippen LogP contribution < -0.4 is 5.32 Å². The van der Waals surface area contributed by atoms with E-state index in [-0.39, 0.29) is 18.4 Å². The van der Waals surface area contributed by atoms with Crippen molar-refractivity contribution in [1.82, 2.24) is 15.1 Å². The number of nitrogens with one attached hydrogen (secondary N) is 1. The number of rotatable bonds is 1. The van der Waals surface area contributed by atoms with Crippen LogP contribution in [0.1, 0.15) is 19.8 Å². The van der Waals surface area contributed by atoms with Crippen molar-refractivity contribution < 1.29 is 4.79 Å². The Morgan fingerprint density at radius 2 is 2.25 bits per heavy atom. The van der Waals surface area contributed by atoms with Crippen LogP contribution in [0.5, 0.6) is 0 Å². The second-order valence-electron chi connectivity index (χ2n) is 4.90. The molecule has 1 atom stereocenters. The smallest absolute Gasteiger partial charge is 0.319 e. The van der Waals surface area contributed by atoms with Crippen LogP contribution in [0.25, 0.3) is 0 Å². The van der Waals surface area contributed by atoms with Crippen molar-refractivity contribution in [2.24, 2.45) is 5.41 Å². The summed E-state index contributed by atoms with van der Waals surface area (Å²) in [6.07, 6.45) is 2.40. The van der Waals surface area contributed by atoms with E-state index < -0.39 is 0 Å². The van der Waals surface area contributed by atoms with Gasteiger partial charge in [-0.3, -0.25) is 0 Å². The Morgan fingerprint density at radius 1 is 1.50 bits per heavy atom. The fourth-order valence-corrected chi connectivity index (χ4v) is 2.62. The summed E-state index contributed by atoms with van der Waals surface area (Å²) in [5.74, 6) is 0. The van der Waals surface area contributed by atoms with Gasteiger partial charge >= 0.3 is 6.03 Å². The average molecular weight is 248 g/mol. The molecule has 2 fully saturated rings. The molecule has 16 heavy (non-hydrogen) atoms. The zero-order valence-electron chi connectivity index (χ0n) is 10.2. The number of urea groups is 1. The molecular formula is C11H22ClN3O. The minimum Gasteiger partial charge on any atom is -0.328 e. The molecule has 2 rings (SSSR count). The Bertz CT molecular complexity index is 254. The molecule has 1 spiro atoms. The van der Waals surface area contributed by atoms with Gasteiger partial charge in [0, 0.05) is 38.6 Å². The molecule has 0 saturated carbocycles. The first kappa shape index (κ1) is 13.6. The van der Waals surface area contributed by atoms with E-state index in [2.05, 4.69) is 5.32 Å². The summed E-state index contributed by atoms with van der Waals surface area (Å²) in [5.41, 5.74) is 0.393. The molecule has 0 bridgehead atoms. The maximum absolute atomic E-state index is 11.9. The van der Waals surface area contributed by atoms with Crippen LogP contribution in [0.4, 0.5) is 4.79 Å². The largest absolute Gasteiger partial charge is 0.328 e. The Kier molecular flexibility index (Phi) is 4.44. The number of nitrogens with zero attached hydrogens (tertiary/aromatic N) is 2. The maximum Gasteiger partial charge on any atom is 0.319 e. The molecule has 2 saturated heterocycles. The van der Waals surface area contributed by atoms with E-state index in [1.54, 1.807) is 4.90 Å². The van der Waals surface area contributed by atoms with E-state index in [9.17, 15) is 4.79 Å². The monoisotopic (exact) mass is 247 g/mol. The fraction of sp³-hybridized carbons (Fsp3) is 0.909. The van der Waals surface area contributed by atoms with Crippen LogP contribution in [-0.2, 0) is 0 Å². The van der Waals surface area contributed by atoms with Gasteiger partial charge in [-0.1, -0.05) is 0 Å². The zero-order valence-corrected chi connectivity index (χ0v) is 11.0. The molecule has 0 radical (unpaired) electrons. The Hall–Kier alpha value is -0.480. The molecule has 1 unspecified atom stereocenters. The standard InChI is InChI=1S/C11H21N3O.ClH/c1-3-13(2)10(15)14-7-5-11(9-14)4-6-12-8-11;/h12H,3-9H2,1-2H3;1H. The Morgan fingerprint density at radius 3 is 2.81 bits per heavy atom. The summed E-state index contributed by atoms with van der Waals surface area (Å²) in [4.78, 5) is 15.8. The SMILES string of the molecule is CCN(C)C(=O)N1CCC2(CCNC2)C1.Cl. The quantitative estimate of drug-likeness (QED) is 0.755. The van der Waals surface area contributed by atoms with Gasteiger partial charge in [-0.25, -0.2) is 4.79 Å². The summed E-state index contributed by atoms with van der Waals surface area (Å²) in [6.45, 7) is 6.90. The number of halogens is 1. The Labute approximate surface area is 104 Å². The third-order valence-corrected chi connectivity index (χ3v) is 3.84. The highest BCUT2D eigenvalue weighted by atomic mass is 35.5. The average Bonchev–Trinajstić information content (AvgIpc) is 2.88. The summed E-state index contributed by atoms with van der Waals surface area (Å²) in [6, 6.07) is 0.196. The van der Waals surface area contributed by atoms with Crippen molar-refractivity contribution in [3.63, 3.8) is 0 Å². The molecule has 0 aromatic heterocycles. The highest BCUT2D eigenvalue weighted by molar-refractivity contribution is 5.85. The second kappa shape index (κ2) is 5.23. The predicted octanol–water partition coefficient (Wildman–Crippen LogP) is 1.17. The first-order valence-electron chi connectivity index (χ1n) is 5.88. The molecule has 94 valence electrons. The Balaban J connectivity index is 0.00000128. The molecule has 2 amide bonds. The molecular weight excluding hydrogens is 226 g/mol. The summed E-state index contributed by atoms with van der Waals surface area (Å²) >= 11 is 0. The number of hydrogen-bond donors (Lipinski definition) is 1. The topological polar surface area (TPSA) is 35.6 Å². The number of likely N-dealkylation sites (tertiary alicyclic amines) is 1. The maximum atomic E-state index is 11.9. The van der Waals surface area contributed by atoms with E-state index >= 15 is 0 Å². The van der Waals surface area contributed by atoms with Crippen molar-refractivity contribution in [2.45, 2.75) is 19.8 Å². The van der Waals surface area contributed by atoms with Gasteiger partial charge < -0.3 is 15.1 Å². The molecule has 1 N–H and O–H groups in total. The number of amides is 2. The minimum absolute atomic E-state index is 0. The van der Waals surface area contributed by atoms with E-state index in [0.717, 1.165) is 32.7 Å². The van der Waals surface area contributed by atoms with Gasteiger partial charge in [-0.15, -0.1) is 12.4 Å². The van der Waals surface area contributed by atoms with Crippen LogP contribution in [0.15, 0.2) is 0 Å². The van der Waals surface area contributed by atoms with Crippen molar-refractivity contribution >= 4 is 18.4 Å². The van der Waals surface area contributed by atoms with Crippen LogP contribution in [0, 0.1) is 5.41 Å². The van der Waals surface area contributed by atoms with Crippen molar-refractivity contribution in [1.29, 1.82) is 0 Å². The van der Waals surface area contributed by atoms with Crippen LogP contribution >= 0.6 is 12.4 Å². The van der Waals surface area contributed by atoms with Gasteiger partial charge in [0.25, 0.3) is 0 Å². The van der Waals surface area contributed by atoms with E-state index in [1.165, 1.54) is 12.8 Å². The first-order chi connectivity index (χ1) is 7.17. The van der Waals surface area contributed by atoms with Crippen LogP contribution in [0.3, 0.4) is 0 Å². The second-order valence-corrected chi connectivity index (χ2v) is 4.90. The molecule has 2 aliphatic rings. The van der Waals surface area contributed by atoms with Crippen LogP contribution in [0.2, 0.25) is 0 Å². The van der Waals surface area contributed by atoms with Crippen molar-refractivity contribution in [3.8, 4) is 0 Å². The zero-order chi connectivity index (χ0) is 10.9. The summed E-state index contributed by atoms with van der Waals surface area (Å²) < 4.78 is 0. The van der Waals surface area contributed by atoms with Gasteiger partial charge in [-0.05, 0) is 26.3 Å². The lowest BCUT2D eigenvalue weighted by molar-refractivity contribution is 0.169. The van der Waals surface area contributed by atoms with Gasteiger partial charge in [0.05, 0.1) is 0 Å².